The Morgan fingerprint density at radius 2 is 1.94 bits per heavy atom. The second kappa shape index (κ2) is 3.92. The Labute approximate surface area is 103 Å². The molecule has 0 saturated carbocycles. The van der Waals surface area contributed by atoms with Gasteiger partial charge >= 0.3 is 0 Å². The Morgan fingerprint density at radius 3 is 2.59 bits per heavy atom. The minimum Gasteiger partial charge on any atom is -0.486 e. The molecule has 2 heterocycles. The molecule has 0 atom stereocenters. The fourth-order valence-corrected chi connectivity index (χ4v) is 2.62. The second-order valence-electron chi connectivity index (χ2n) is 3.89. The lowest BCUT2D eigenvalue weighted by Gasteiger charge is -2.19. The van der Waals surface area contributed by atoms with Crippen molar-refractivity contribution in [3.63, 3.8) is 0 Å². The van der Waals surface area contributed by atoms with Crippen LogP contribution in [0.5, 0.6) is 11.5 Å². The van der Waals surface area contributed by atoms with Crippen LogP contribution in [-0.4, -0.2) is 18.2 Å². The average molecular weight is 248 g/mol. The molecular formula is C12H12N2O2S. The van der Waals surface area contributed by atoms with E-state index in [0.717, 1.165) is 27.6 Å². The molecule has 2 aromatic rings. The number of ether oxygens (including phenoxy) is 2. The van der Waals surface area contributed by atoms with Crippen LogP contribution in [0.3, 0.4) is 0 Å². The fraction of sp³-hybridized carbons (Fsp3) is 0.250. The Kier molecular flexibility index (Phi) is 2.40. The summed E-state index contributed by atoms with van der Waals surface area (Å²) in [6.45, 7) is 3.23. The Bertz CT molecular complexity index is 566. The summed E-state index contributed by atoms with van der Waals surface area (Å²) in [5.41, 5.74) is 7.81. The van der Waals surface area contributed by atoms with Crippen molar-refractivity contribution in [3.8, 4) is 22.1 Å². The Morgan fingerprint density at radius 1 is 1.24 bits per heavy atom. The number of fused-ring (bicyclic) bond motifs is 1. The lowest BCUT2D eigenvalue weighted by molar-refractivity contribution is 0.171. The van der Waals surface area contributed by atoms with E-state index < -0.39 is 0 Å². The first-order chi connectivity index (χ1) is 8.24. The average Bonchev–Trinajstić information content (AvgIpc) is 2.75. The highest BCUT2D eigenvalue weighted by Gasteiger charge is 2.16. The molecule has 0 saturated heterocycles. The van der Waals surface area contributed by atoms with E-state index in [4.69, 9.17) is 15.2 Å². The number of aryl methyl sites for hydroxylation is 1. The summed E-state index contributed by atoms with van der Waals surface area (Å²) in [4.78, 5) is 4.29. The summed E-state index contributed by atoms with van der Waals surface area (Å²) in [7, 11) is 0. The normalized spacial score (nSPS) is 13.7. The topological polar surface area (TPSA) is 57.4 Å². The van der Waals surface area contributed by atoms with Gasteiger partial charge in [0.2, 0.25) is 0 Å². The maximum Gasteiger partial charge on any atom is 0.162 e. The highest BCUT2D eigenvalue weighted by molar-refractivity contribution is 7.13. The summed E-state index contributed by atoms with van der Waals surface area (Å²) >= 11 is 1.53. The maximum atomic E-state index is 5.65. The van der Waals surface area contributed by atoms with Gasteiger partial charge in [-0.2, -0.15) is 0 Å². The third-order valence-corrected chi connectivity index (χ3v) is 3.54. The molecule has 1 aliphatic rings. The van der Waals surface area contributed by atoms with Crippen molar-refractivity contribution in [1.29, 1.82) is 0 Å². The molecule has 0 radical (unpaired) electrons. The maximum absolute atomic E-state index is 5.65. The number of rotatable bonds is 1. The van der Waals surface area contributed by atoms with Gasteiger partial charge < -0.3 is 15.2 Å². The predicted octanol–water partition coefficient (Wildman–Crippen LogP) is 2.47. The molecule has 2 N–H and O–H groups in total. The number of nitrogen functional groups attached to an aromatic ring is 1. The Balaban J connectivity index is 2.11. The SMILES string of the molecule is Cc1cc2c(cc1-c1nc(N)cs1)OCCO2. The number of hydrogen-bond donors (Lipinski definition) is 1. The van der Waals surface area contributed by atoms with Crippen molar-refractivity contribution in [2.24, 2.45) is 0 Å². The number of anilines is 1. The lowest BCUT2D eigenvalue weighted by Crippen LogP contribution is -2.15. The highest BCUT2D eigenvalue weighted by Crippen LogP contribution is 2.38. The standard InChI is InChI=1S/C12H12N2O2S/c1-7-4-9-10(16-3-2-15-9)5-8(7)12-14-11(13)6-17-12/h4-6H,2-3,13H2,1H3. The second-order valence-corrected chi connectivity index (χ2v) is 4.75. The summed E-state index contributed by atoms with van der Waals surface area (Å²) < 4.78 is 11.1. The third kappa shape index (κ3) is 1.82. The van der Waals surface area contributed by atoms with Gasteiger partial charge in [-0.25, -0.2) is 4.98 Å². The van der Waals surface area contributed by atoms with E-state index in [1.165, 1.54) is 11.3 Å². The molecule has 5 heteroatoms. The number of nitrogens with two attached hydrogens (primary N) is 1. The van der Waals surface area contributed by atoms with Gasteiger partial charge in [0.05, 0.1) is 0 Å². The summed E-state index contributed by atoms with van der Waals surface area (Å²) in [6.07, 6.45) is 0. The van der Waals surface area contributed by atoms with Gasteiger partial charge in [-0.15, -0.1) is 11.3 Å². The van der Waals surface area contributed by atoms with E-state index in [1.807, 2.05) is 24.4 Å². The van der Waals surface area contributed by atoms with E-state index in [0.29, 0.717) is 19.0 Å². The Hall–Kier alpha value is -1.75. The molecule has 0 aliphatic carbocycles. The number of nitrogens with zero attached hydrogens (tertiary/aromatic N) is 1. The van der Waals surface area contributed by atoms with Gasteiger partial charge in [-0.1, -0.05) is 0 Å². The number of hydrogen-bond acceptors (Lipinski definition) is 5. The molecule has 3 rings (SSSR count). The first-order valence-electron chi connectivity index (χ1n) is 5.35. The van der Waals surface area contributed by atoms with Crippen LogP contribution in [-0.2, 0) is 0 Å². The zero-order valence-corrected chi connectivity index (χ0v) is 10.2. The van der Waals surface area contributed by atoms with Crippen molar-refractivity contribution >= 4 is 17.2 Å². The minimum absolute atomic E-state index is 0.555. The van der Waals surface area contributed by atoms with Crippen molar-refractivity contribution in [2.45, 2.75) is 6.92 Å². The molecule has 17 heavy (non-hydrogen) atoms. The molecular weight excluding hydrogens is 236 g/mol. The first-order valence-corrected chi connectivity index (χ1v) is 6.23. The van der Waals surface area contributed by atoms with Crippen LogP contribution in [0.15, 0.2) is 17.5 Å². The van der Waals surface area contributed by atoms with E-state index in [9.17, 15) is 0 Å². The number of benzene rings is 1. The van der Waals surface area contributed by atoms with Crippen LogP contribution in [0.4, 0.5) is 5.82 Å². The lowest BCUT2D eigenvalue weighted by atomic mass is 10.1. The van der Waals surface area contributed by atoms with Crippen molar-refractivity contribution in [1.82, 2.24) is 4.98 Å². The molecule has 0 unspecified atom stereocenters. The third-order valence-electron chi connectivity index (χ3n) is 2.64. The molecule has 1 aliphatic heterocycles. The smallest absolute Gasteiger partial charge is 0.162 e. The van der Waals surface area contributed by atoms with E-state index >= 15 is 0 Å². The van der Waals surface area contributed by atoms with Crippen molar-refractivity contribution in [3.05, 3.63) is 23.1 Å². The summed E-state index contributed by atoms with van der Waals surface area (Å²) in [5, 5.41) is 2.75. The molecule has 88 valence electrons. The molecule has 1 aromatic carbocycles. The molecule has 0 spiro atoms. The zero-order chi connectivity index (χ0) is 11.8. The van der Waals surface area contributed by atoms with Crippen LogP contribution < -0.4 is 15.2 Å². The molecule has 0 fully saturated rings. The summed E-state index contributed by atoms with van der Waals surface area (Å²) in [5.74, 6) is 2.15. The first kappa shape index (κ1) is 10.4. The molecule has 0 amide bonds. The number of aromatic nitrogens is 1. The predicted molar refractivity (Wildman–Crippen MR) is 67.7 cm³/mol. The van der Waals surface area contributed by atoms with E-state index in [2.05, 4.69) is 4.98 Å². The zero-order valence-electron chi connectivity index (χ0n) is 9.40. The van der Waals surface area contributed by atoms with Gasteiger partial charge in [0, 0.05) is 10.9 Å². The van der Waals surface area contributed by atoms with Crippen molar-refractivity contribution in [2.75, 3.05) is 18.9 Å². The van der Waals surface area contributed by atoms with Crippen LogP contribution in [0, 0.1) is 6.92 Å². The van der Waals surface area contributed by atoms with Crippen LogP contribution in [0.25, 0.3) is 10.6 Å². The van der Waals surface area contributed by atoms with Gasteiger partial charge in [0.1, 0.15) is 24.0 Å². The van der Waals surface area contributed by atoms with E-state index in [-0.39, 0.29) is 0 Å². The highest BCUT2D eigenvalue weighted by atomic mass is 32.1. The van der Waals surface area contributed by atoms with Crippen LogP contribution in [0.2, 0.25) is 0 Å². The van der Waals surface area contributed by atoms with Crippen LogP contribution >= 0.6 is 11.3 Å². The van der Waals surface area contributed by atoms with Gasteiger partial charge in [-0.3, -0.25) is 0 Å². The molecule has 1 aromatic heterocycles. The number of thiazole rings is 1. The summed E-state index contributed by atoms with van der Waals surface area (Å²) in [6, 6.07) is 3.96. The largest absolute Gasteiger partial charge is 0.486 e. The van der Waals surface area contributed by atoms with Crippen molar-refractivity contribution < 1.29 is 9.47 Å². The quantitative estimate of drug-likeness (QED) is 0.842. The minimum atomic E-state index is 0.555. The monoisotopic (exact) mass is 248 g/mol. The fourth-order valence-electron chi connectivity index (χ4n) is 1.83. The molecule has 0 bridgehead atoms. The van der Waals surface area contributed by atoms with Gasteiger partial charge in [-0.05, 0) is 24.6 Å². The van der Waals surface area contributed by atoms with Gasteiger partial charge in [0.15, 0.2) is 11.5 Å². The van der Waals surface area contributed by atoms with Crippen LogP contribution in [0.1, 0.15) is 5.56 Å². The van der Waals surface area contributed by atoms with Gasteiger partial charge in [0.25, 0.3) is 0 Å². The van der Waals surface area contributed by atoms with E-state index in [1.54, 1.807) is 0 Å². The molecule has 4 nitrogen and oxygen atoms in total.